The third-order valence-electron chi connectivity index (χ3n) is 3.23. The van der Waals surface area contributed by atoms with Gasteiger partial charge in [0.05, 0.1) is 29.9 Å². The Morgan fingerprint density at radius 3 is 2.76 bits per heavy atom. The third-order valence-corrected chi connectivity index (χ3v) is 3.23. The molecule has 1 atom stereocenters. The molecule has 1 aromatic heterocycles. The van der Waals surface area contributed by atoms with Gasteiger partial charge in [0.2, 0.25) is 0 Å². The van der Waals surface area contributed by atoms with Crippen molar-refractivity contribution in [2.24, 2.45) is 0 Å². The van der Waals surface area contributed by atoms with Gasteiger partial charge >= 0.3 is 6.18 Å². The van der Waals surface area contributed by atoms with Crippen LogP contribution in [0.2, 0.25) is 0 Å². The summed E-state index contributed by atoms with van der Waals surface area (Å²) in [7, 11) is 0. The first-order chi connectivity index (χ1) is 9.91. The van der Waals surface area contributed by atoms with E-state index in [4.69, 9.17) is 0 Å². The lowest BCUT2D eigenvalue weighted by Crippen LogP contribution is -2.10. The smallest absolute Gasteiger partial charge is 0.386 e. The van der Waals surface area contributed by atoms with Crippen LogP contribution in [0.4, 0.5) is 13.2 Å². The molecule has 1 heterocycles. The molecule has 6 heteroatoms. The fourth-order valence-corrected chi connectivity index (χ4v) is 2.24. The zero-order valence-corrected chi connectivity index (χ0v) is 11.6. The second-order valence-electron chi connectivity index (χ2n) is 4.93. The lowest BCUT2D eigenvalue weighted by atomic mass is 10.0. The van der Waals surface area contributed by atoms with E-state index in [2.05, 4.69) is 4.98 Å². The molecule has 1 aromatic carbocycles. The number of aryl methyl sites for hydroxylation is 1. The number of hydrogen-bond donors (Lipinski definition) is 1. The summed E-state index contributed by atoms with van der Waals surface area (Å²) < 4.78 is 39.8. The van der Waals surface area contributed by atoms with E-state index in [1.807, 2.05) is 11.5 Å². The molecule has 2 aromatic rings. The Hall–Kier alpha value is -1.82. The Kier molecular flexibility index (Phi) is 4.67. The van der Waals surface area contributed by atoms with Crippen LogP contribution in [0.5, 0.6) is 0 Å². The van der Waals surface area contributed by atoms with Crippen LogP contribution in [-0.2, 0) is 19.1 Å². The van der Waals surface area contributed by atoms with Gasteiger partial charge in [-0.1, -0.05) is 25.1 Å². The van der Waals surface area contributed by atoms with Crippen molar-refractivity contribution in [1.82, 2.24) is 9.55 Å². The van der Waals surface area contributed by atoms with E-state index in [1.165, 1.54) is 6.07 Å². The normalized spacial score (nSPS) is 13.4. The molecule has 3 nitrogen and oxygen atoms in total. The average Bonchev–Trinajstić information content (AvgIpc) is 2.87. The Bertz CT molecular complexity index is 593. The summed E-state index contributed by atoms with van der Waals surface area (Å²) >= 11 is 0. The van der Waals surface area contributed by atoms with E-state index >= 15 is 0 Å². The highest BCUT2D eigenvalue weighted by Gasteiger charge is 2.30. The Balaban J connectivity index is 2.16. The maximum absolute atomic E-state index is 12.7. The van der Waals surface area contributed by atoms with Crippen LogP contribution in [0.1, 0.15) is 36.3 Å². The third kappa shape index (κ3) is 3.85. The van der Waals surface area contributed by atoms with E-state index in [1.54, 1.807) is 18.6 Å². The number of alkyl halides is 3. The summed E-state index contributed by atoms with van der Waals surface area (Å²) in [5, 5.41) is 10.2. The van der Waals surface area contributed by atoms with Gasteiger partial charge in [-0.3, -0.25) is 0 Å². The van der Waals surface area contributed by atoms with Gasteiger partial charge in [-0.2, -0.15) is 13.2 Å². The molecule has 114 valence electrons. The number of aliphatic hydroxyl groups is 1. The van der Waals surface area contributed by atoms with E-state index in [-0.39, 0.29) is 6.42 Å². The predicted molar refractivity (Wildman–Crippen MR) is 72.6 cm³/mol. The van der Waals surface area contributed by atoms with Gasteiger partial charge in [0.1, 0.15) is 0 Å². The van der Waals surface area contributed by atoms with E-state index in [9.17, 15) is 18.3 Å². The summed E-state index contributed by atoms with van der Waals surface area (Å²) in [4.78, 5) is 3.98. The Morgan fingerprint density at radius 2 is 2.10 bits per heavy atom. The van der Waals surface area contributed by atoms with Crippen LogP contribution in [0, 0.1) is 0 Å². The number of imidazole rings is 1. The highest BCUT2D eigenvalue weighted by molar-refractivity contribution is 5.26. The zero-order chi connectivity index (χ0) is 15.5. The summed E-state index contributed by atoms with van der Waals surface area (Å²) in [5.41, 5.74) is 0.366. The van der Waals surface area contributed by atoms with Crippen molar-refractivity contribution in [2.45, 2.75) is 38.6 Å². The second kappa shape index (κ2) is 6.30. The monoisotopic (exact) mass is 298 g/mol. The van der Waals surface area contributed by atoms with Gasteiger partial charge in [-0.05, 0) is 18.1 Å². The predicted octanol–water partition coefficient (Wildman–Crippen LogP) is 3.59. The van der Waals surface area contributed by atoms with E-state index in [0.717, 1.165) is 25.1 Å². The topological polar surface area (TPSA) is 38.0 Å². The van der Waals surface area contributed by atoms with Crippen LogP contribution in [0.15, 0.2) is 36.8 Å². The number of rotatable bonds is 5. The first-order valence-electron chi connectivity index (χ1n) is 6.76. The van der Waals surface area contributed by atoms with Gasteiger partial charge in [-0.15, -0.1) is 0 Å². The molecular formula is C15H17F3N2O. The molecule has 0 aliphatic heterocycles. The first-order valence-corrected chi connectivity index (χ1v) is 6.76. The van der Waals surface area contributed by atoms with Gasteiger partial charge < -0.3 is 9.67 Å². The lowest BCUT2D eigenvalue weighted by molar-refractivity contribution is -0.137. The lowest BCUT2D eigenvalue weighted by Gasteiger charge is -2.14. The molecule has 0 spiro atoms. The Labute approximate surface area is 121 Å². The molecule has 0 bridgehead atoms. The number of aliphatic hydroxyl groups excluding tert-OH is 1. The average molecular weight is 298 g/mol. The minimum Gasteiger partial charge on any atom is -0.386 e. The molecule has 0 aliphatic carbocycles. The number of nitrogens with zero attached hydrogens (tertiary/aromatic N) is 2. The van der Waals surface area contributed by atoms with Gasteiger partial charge in [0.15, 0.2) is 0 Å². The molecule has 0 saturated heterocycles. The molecule has 0 radical (unpaired) electrons. The standard InChI is InChI=1S/C15H17F3N2O/c1-2-6-20-10-19-9-13(20)14(21)8-11-4-3-5-12(7-11)15(16,17)18/h3-5,7,9-10,14,21H,2,6,8H2,1H3. The quantitative estimate of drug-likeness (QED) is 0.916. The largest absolute Gasteiger partial charge is 0.416 e. The maximum atomic E-state index is 12.7. The fraction of sp³-hybridized carbons (Fsp3) is 0.400. The minimum absolute atomic E-state index is 0.124. The van der Waals surface area contributed by atoms with Crippen molar-refractivity contribution in [3.05, 3.63) is 53.6 Å². The van der Waals surface area contributed by atoms with Crippen molar-refractivity contribution in [3.8, 4) is 0 Å². The first kappa shape index (κ1) is 15.6. The SMILES string of the molecule is CCCn1cncc1C(O)Cc1cccc(C(F)(F)F)c1. The van der Waals surface area contributed by atoms with Crippen LogP contribution >= 0.6 is 0 Å². The van der Waals surface area contributed by atoms with Crippen molar-refractivity contribution in [3.63, 3.8) is 0 Å². The molecule has 2 rings (SSSR count). The van der Waals surface area contributed by atoms with E-state index < -0.39 is 17.8 Å². The number of benzene rings is 1. The van der Waals surface area contributed by atoms with Crippen molar-refractivity contribution < 1.29 is 18.3 Å². The minimum atomic E-state index is -4.37. The highest BCUT2D eigenvalue weighted by atomic mass is 19.4. The van der Waals surface area contributed by atoms with Crippen LogP contribution in [-0.4, -0.2) is 14.7 Å². The molecule has 1 unspecified atom stereocenters. The summed E-state index contributed by atoms with van der Waals surface area (Å²) in [6, 6.07) is 5.04. The second-order valence-corrected chi connectivity index (χ2v) is 4.93. The van der Waals surface area contributed by atoms with Crippen LogP contribution in [0.3, 0.4) is 0 Å². The van der Waals surface area contributed by atoms with E-state index in [0.29, 0.717) is 11.3 Å². The zero-order valence-electron chi connectivity index (χ0n) is 11.6. The summed E-state index contributed by atoms with van der Waals surface area (Å²) in [6.07, 6.45) is -1.06. The highest BCUT2D eigenvalue weighted by Crippen LogP contribution is 2.30. The number of aromatic nitrogens is 2. The van der Waals surface area contributed by atoms with Crippen molar-refractivity contribution in [2.75, 3.05) is 0 Å². The number of halogens is 3. The number of hydrogen-bond acceptors (Lipinski definition) is 2. The van der Waals surface area contributed by atoms with Gasteiger partial charge in [0, 0.05) is 13.0 Å². The van der Waals surface area contributed by atoms with Crippen LogP contribution in [0.25, 0.3) is 0 Å². The molecule has 21 heavy (non-hydrogen) atoms. The van der Waals surface area contributed by atoms with Gasteiger partial charge in [-0.25, -0.2) is 4.98 Å². The molecular weight excluding hydrogens is 281 g/mol. The molecule has 0 aliphatic rings. The molecule has 0 fully saturated rings. The van der Waals surface area contributed by atoms with Crippen LogP contribution < -0.4 is 0 Å². The maximum Gasteiger partial charge on any atom is 0.416 e. The molecule has 0 amide bonds. The Morgan fingerprint density at radius 1 is 1.33 bits per heavy atom. The summed E-state index contributed by atoms with van der Waals surface area (Å²) in [6.45, 7) is 2.72. The molecule has 1 N–H and O–H groups in total. The fourth-order valence-electron chi connectivity index (χ4n) is 2.24. The van der Waals surface area contributed by atoms with Crippen molar-refractivity contribution >= 4 is 0 Å². The van der Waals surface area contributed by atoms with Crippen molar-refractivity contribution in [1.29, 1.82) is 0 Å². The summed E-state index contributed by atoms with van der Waals surface area (Å²) in [5.74, 6) is 0. The van der Waals surface area contributed by atoms with Gasteiger partial charge in [0.25, 0.3) is 0 Å². The molecule has 0 saturated carbocycles.